The van der Waals surface area contributed by atoms with Gasteiger partial charge in [-0.25, -0.2) is 9.59 Å². The highest BCUT2D eigenvalue weighted by atomic mass is 35.5. The molecule has 1 aliphatic rings. The van der Waals surface area contributed by atoms with Crippen LogP contribution in [0.15, 0.2) is 78.9 Å². The lowest BCUT2D eigenvalue weighted by Gasteiger charge is -2.26. The smallest absolute Gasteiger partial charge is 0.412 e. The van der Waals surface area contributed by atoms with Crippen molar-refractivity contribution in [1.82, 2.24) is 10.2 Å². The number of aryl methyl sites for hydroxylation is 2. The van der Waals surface area contributed by atoms with Gasteiger partial charge in [0.05, 0.1) is 13.2 Å². The molecule has 11 heteroatoms. The van der Waals surface area contributed by atoms with Crippen LogP contribution in [0, 0.1) is 19.8 Å². The molecule has 288 valence electrons. The number of halogens is 1. The van der Waals surface area contributed by atoms with Crippen molar-refractivity contribution < 1.29 is 38.1 Å². The fraction of sp³-hybridized carbons (Fsp3) is 0.395. The van der Waals surface area contributed by atoms with Crippen LogP contribution in [-0.4, -0.2) is 74.2 Å². The van der Waals surface area contributed by atoms with Crippen LogP contribution in [0.1, 0.15) is 78.6 Å². The van der Waals surface area contributed by atoms with Gasteiger partial charge in [0.2, 0.25) is 0 Å². The number of ketones is 1. The van der Waals surface area contributed by atoms with Gasteiger partial charge in [0, 0.05) is 41.2 Å². The van der Waals surface area contributed by atoms with Gasteiger partial charge in [-0.15, -0.1) is 0 Å². The van der Waals surface area contributed by atoms with Crippen molar-refractivity contribution in [3.63, 3.8) is 0 Å². The van der Waals surface area contributed by atoms with Gasteiger partial charge < -0.3 is 24.3 Å². The van der Waals surface area contributed by atoms with Crippen LogP contribution in [0.3, 0.4) is 0 Å². The molecule has 1 amide bonds. The molecule has 0 saturated carbocycles. The van der Waals surface area contributed by atoms with Gasteiger partial charge >= 0.3 is 11.5 Å². The van der Waals surface area contributed by atoms with Gasteiger partial charge in [0.15, 0.2) is 5.78 Å². The number of rotatable bonds is 19. The molecular formula is C43H51ClN2O8. The quantitative estimate of drug-likeness (QED) is 0.0319. The van der Waals surface area contributed by atoms with Crippen LogP contribution in [-0.2, 0) is 14.3 Å². The Bertz CT molecular complexity index is 1780. The van der Waals surface area contributed by atoms with Crippen LogP contribution in [0.4, 0.5) is 9.59 Å². The Hall–Kier alpha value is -4.93. The number of allylic oxidation sites excluding steroid dienone is 2. The Morgan fingerprint density at radius 1 is 0.907 bits per heavy atom. The molecule has 3 aromatic rings. The summed E-state index contributed by atoms with van der Waals surface area (Å²) in [4.78, 5) is 51.1. The Kier molecular flexibility index (Phi) is 16.3. The molecule has 10 nitrogen and oxygen atoms in total. The minimum absolute atomic E-state index is 0.0309. The zero-order valence-corrected chi connectivity index (χ0v) is 32.4. The summed E-state index contributed by atoms with van der Waals surface area (Å²) < 4.78 is 21.2. The fourth-order valence-electron chi connectivity index (χ4n) is 6.67. The predicted octanol–water partition coefficient (Wildman–Crippen LogP) is 8.96. The largest absolute Gasteiger partial charge is 0.492 e. The normalized spacial score (nSPS) is 14.5. The maximum absolute atomic E-state index is 14.3. The summed E-state index contributed by atoms with van der Waals surface area (Å²) in [5, 5.41) is 2.80. The second-order valence-electron chi connectivity index (χ2n) is 13.9. The van der Waals surface area contributed by atoms with Crippen LogP contribution < -0.4 is 14.8 Å². The van der Waals surface area contributed by atoms with E-state index in [1.54, 1.807) is 12.1 Å². The van der Waals surface area contributed by atoms with Gasteiger partial charge in [-0.2, -0.15) is 0 Å². The van der Waals surface area contributed by atoms with E-state index in [0.29, 0.717) is 42.8 Å². The van der Waals surface area contributed by atoms with E-state index >= 15 is 0 Å². The Labute approximate surface area is 323 Å². The number of Topliss-reactive ketones (excluding diaryl/α,β-unsaturated/α-hetero) is 1. The van der Waals surface area contributed by atoms with Gasteiger partial charge in [-0.05, 0) is 125 Å². The van der Waals surface area contributed by atoms with Crippen molar-refractivity contribution in [2.45, 2.75) is 65.8 Å². The first-order valence-corrected chi connectivity index (χ1v) is 18.7. The Balaban J connectivity index is 1.42. The number of carbonyl (C=O) groups is 4. The zero-order valence-electron chi connectivity index (χ0n) is 31.7. The summed E-state index contributed by atoms with van der Waals surface area (Å²) >= 11 is 5.27. The summed E-state index contributed by atoms with van der Waals surface area (Å²) in [6, 6.07) is 20.1. The van der Waals surface area contributed by atoms with E-state index in [-0.39, 0.29) is 31.0 Å². The molecule has 1 N–H and O–H groups in total. The van der Waals surface area contributed by atoms with E-state index in [0.717, 1.165) is 58.8 Å². The van der Waals surface area contributed by atoms with Gasteiger partial charge in [-0.3, -0.25) is 14.5 Å². The Morgan fingerprint density at radius 2 is 1.57 bits per heavy atom. The van der Waals surface area contributed by atoms with Gasteiger partial charge in [0.1, 0.15) is 18.1 Å². The first-order chi connectivity index (χ1) is 25.9. The number of carbonyl (C=O) groups excluding carboxylic acids is 4. The molecule has 3 aromatic carbocycles. The van der Waals surface area contributed by atoms with Gasteiger partial charge in [-0.1, -0.05) is 54.5 Å². The molecule has 0 bridgehead atoms. The molecule has 54 heavy (non-hydrogen) atoms. The van der Waals surface area contributed by atoms with Crippen molar-refractivity contribution >= 4 is 46.5 Å². The lowest BCUT2D eigenvalue weighted by atomic mass is 9.87. The van der Waals surface area contributed by atoms with E-state index in [1.165, 1.54) is 19.3 Å². The van der Waals surface area contributed by atoms with E-state index in [2.05, 4.69) is 22.9 Å². The third-order valence-corrected chi connectivity index (χ3v) is 9.47. The van der Waals surface area contributed by atoms with Gasteiger partial charge in [0.25, 0.3) is 6.47 Å². The third-order valence-electron chi connectivity index (χ3n) is 9.36. The van der Waals surface area contributed by atoms with E-state index in [4.69, 9.17) is 30.5 Å². The molecule has 0 spiro atoms. The molecule has 0 radical (unpaired) electrons. The van der Waals surface area contributed by atoms with Crippen LogP contribution in [0.25, 0.3) is 11.1 Å². The van der Waals surface area contributed by atoms with E-state index in [1.807, 2.05) is 76.2 Å². The first-order valence-electron chi connectivity index (χ1n) is 18.3. The minimum atomic E-state index is -0.950. The molecule has 1 heterocycles. The summed E-state index contributed by atoms with van der Waals surface area (Å²) in [6.45, 7) is 15.9. The zero-order chi connectivity index (χ0) is 39.0. The van der Waals surface area contributed by atoms with E-state index in [9.17, 15) is 19.2 Å². The van der Waals surface area contributed by atoms with Crippen molar-refractivity contribution in [3.8, 4) is 11.5 Å². The van der Waals surface area contributed by atoms with Crippen LogP contribution in [0.2, 0.25) is 0 Å². The molecule has 2 atom stereocenters. The first kappa shape index (κ1) is 41.8. The summed E-state index contributed by atoms with van der Waals surface area (Å²) in [6.07, 6.45) is 3.94. The number of hydrogen-bond donors (Lipinski definition) is 1. The number of nitrogens with zero attached hydrogens (tertiary/aromatic N) is 1. The highest BCUT2D eigenvalue weighted by molar-refractivity contribution is 6.61. The van der Waals surface area contributed by atoms with Crippen molar-refractivity contribution in [2.75, 3.05) is 39.5 Å². The van der Waals surface area contributed by atoms with Crippen LogP contribution >= 0.6 is 11.6 Å². The third kappa shape index (κ3) is 13.2. The molecule has 0 aromatic heterocycles. The highest BCUT2D eigenvalue weighted by Gasteiger charge is 2.21. The van der Waals surface area contributed by atoms with Crippen LogP contribution in [0.5, 0.6) is 11.5 Å². The number of piperidine rings is 1. The Morgan fingerprint density at radius 3 is 2.22 bits per heavy atom. The number of likely N-dealkylation sites (tertiary alicyclic amines) is 1. The average Bonchev–Trinajstić information content (AvgIpc) is 3.14. The highest BCUT2D eigenvalue weighted by Crippen LogP contribution is 2.33. The molecule has 4 rings (SSSR count). The standard InChI is InChI=1S/C43H51ClN2O8/c1-29-9-18-39(31(3)23-29)40(41(48)36-12-14-37(15-13-36)52-22-21-46-19-7-6-8-20-46)33(5)35-10-16-38(17-11-35)54-43(50)45-32(4)24-30(2)25-34(26-51-28-47)27-53-42(44)49/h9-18,23,28,32,34H,2,6-8,19-22,24-27H2,1,3-5H3,(H,45,50)/b40-33-. The molecule has 1 fully saturated rings. The number of ether oxygens (including phenoxy) is 4. The fourth-order valence-corrected chi connectivity index (χ4v) is 6.73. The second kappa shape index (κ2) is 21.1. The number of hydrogen-bond acceptors (Lipinski definition) is 9. The number of amides is 1. The van der Waals surface area contributed by atoms with Crippen molar-refractivity contribution in [2.24, 2.45) is 5.92 Å². The molecule has 0 aliphatic carbocycles. The lowest BCUT2D eigenvalue weighted by Crippen LogP contribution is -2.35. The summed E-state index contributed by atoms with van der Waals surface area (Å²) in [5.74, 6) is 0.639. The predicted molar refractivity (Wildman–Crippen MR) is 211 cm³/mol. The molecular weight excluding hydrogens is 708 g/mol. The van der Waals surface area contributed by atoms with Crippen molar-refractivity contribution in [3.05, 3.63) is 107 Å². The lowest BCUT2D eigenvalue weighted by molar-refractivity contribution is -0.130. The summed E-state index contributed by atoms with van der Waals surface area (Å²) in [5.41, 5.74) is 5.49. The monoisotopic (exact) mass is 758 g/mol. The average molecular weight is 759 g/mol. The maximum atomic E-state index is 14.3. The topological polar surface area (TPSA) is 120 Å². The second-order valence-corrected chi connectivity index (χ2v) is 14.2. The summed E-state index contributed by atoms with van der Waals surface area (Å²) in [7, 11) is 0. The van der Waals surface area contributed by atoms with Crippen molar-refractivity contribution in [1.29, 1.82) is 0 Å². The number of benzene rings is 3. The molecule has 1 aliphatic heterocycles. The SMILES string of the molecule is C=C(CC(COC=O)COC(=O)Cl)CC(C)NC(=O)Oc1ccc(/C(C)=C(\C(=O)c2ccc(OCCN3CCCCC3)cc2)c2ccc(C)cc2C)cc1. The molecule has 1 saturated heterocycles. The van der Waals surface area contributed by atoms with E-state index < -0.39 is 11.5 Å². The molecule has 2 unspecified atom stereocenters. The minimum Gasteiger partial charge on any atom is -0.492 e. The number of nitrogens with one attached hydrogen (secondary N) is 1. The maximum Gasteiger partial charge on any atom is 0.412 e.